The molecule has 0 atom stereocenters. The monoisotopic (exact) mass is 207 g/mol. The molecule has 1 heterocycles. The topological polar surface area (TPSA) is 102 Å². The highest BCUT2D eigenvalue weighted by Crippen LogP contribution is 2.15. The lowest BCUT2D eigenvalue weighted by molar-refractivity contribution is -0.385. The number of nitrogens with zero attached hydrogens (tertiary/aromatic N) is 2. The van der Waals surface area contributed by atoms with Gasteiger partial charge in [-0.15, -0.1) is 0 Å². The molecule has 0 unspecified atom stereocenters. The van der Waals surface area contributed by atoms with Crippen LogP contribution in [0, 0.1) is 22.0 Å². The minimum Gasteiger partial charge on any atom is -0.395 e. The number of pyridine rings is 1. The molecule has 78 valence electrons. The van der Waals surface area contributed by atoms with Crippen molar-refractivity contribution < 1.29 is 10.0 Å². The highest BCUT2D eigenvalue weighted by Gasteiger charge is 2.08. The quantitative estimate of drug-likeness (QED) is 0.412. The van der Waals surface area contributed by atoms with Gasteiger partial charge >= 0.3 is 0 Å². The number of aliphatic hydroxyl groups is 1. The van der Waals surface area contributed by atoms with Gasteiger partial charge in [0.15, 0.2) is 0 Å². The first kappa shape index (κ1) is 10.9. The molecule has 0 aliphatic rings. The summed E-state index contributed by atoms with van der Waals surface area (Å²) in [5.41, 5.74) is 5.62. The highest BCUT2D eigenvalue weighted by molar-refractivity contribution is 5.54. The number of hydrogen-bond donors (Lipinski definition) is 2. The average Bonchev–Trinajstić information content (AvgIpc) is 2.20. The molecule has 0 radical (unpaired) electrons. The Labute approximate surface area is 85.9 Å². The summed E-state index contributed by atoms with van der Waals surface area (Å²) in [7, 11) is 0. The first-order valence-electron chi connectivity index (χ1n) is 4.15. The van der Waals surface area contributed by atoms with Crippen molar-refractivity contribution in [1.29, 1.82) is 0 Å². The van der Waals surface area contributed by atoms with Gasteiger partial charge in [0, 0.05) is 12.5 Å². The molecule has 0 bridgehead atoms. The van der Waals surface area contributed by atoms with Crippen molar-refractivity contribution in [2.45, 2.75) is 6.42 Å². The molecule has 0 fully saturated rings. The number of nitrogen functional groups attached to an aromatic ring is 1. The molecule has 1 rings (SSSR count). The van der Waals surface area contributed by atoms with Crippen LogP contribution in [-0.2, 0) is 0 Å². The highest BCUT2D eigenvalue weighted by atomic mass is 16.6. The van der Waals surface area contributed by atoms with Gasteiger partial charge in [0.25, 0.3) is 5.69 Å². The van der Waals surface area contributed by atoms with Gasteiger partial charge in [-0.25, -0.2) is 4.98 Å². The van der Waals surface area contributed by atoms with Crippen molar-refractivity contribution in [3.8, 4) is 11.8 Å². The third-order valence-corrected chi connectivity index (χ3v) is 1.57. The van der Waals surface area contributed by atoms with Crippen LogP contribution in [0.1, 0.15) is 12.0 Å². The van der Waals surface area contributed by atoms with Gasteiger partial charge in [-0.1, -0.05) is 11.8 Å². The van der Waals surface area contributed by atoms with Crippen LogP contribution in [0.2, 0.25) is 0 Å². The standard InChI is InChI=1S/C9H9N3O3/c10-9-7(3-1-2-4-13)5-8(6-11-9)12(14)15/h5-6,13H,2,4H2,(H2,10,11). The van der Waals surface area contributed by atoms with Gasteiger partial charge in [0.1, 0.15) is 12.0 Å². The lowest BCUT2D eigenvalue weighted by Gasteiger charge is -1.96. The fraction of sp³-hybridized carbons (Fsp3) is 0.222. The van der Waals surface area contributed by atoms with E-state index in [1.165, 1.54) is 6.07 Å². The lowest BCUT2D eigenvalue weighted by atomic mass is 10.2. The second-order valence-electron chi connectivity index (χ2n) is 2.66. The van der Waals surface area contributed by atoms with Crippen molar-refractivity contribution in [2.24, 2.45) is 0 Å². The van der Waals surface area contributed by atoms with Crippen molar-refractivity contribution >= 4 is 11.5 Å². The number of aromatic nitrogens is 1. The summed E-state index contributed by atoms with van der Waals surface area (Å²) in [6.45, 7) is -0.0603. The number of nitrogens with two attached hydrogens (primary N) is 1. The Kier molecular flexibility index (Phi) is 3.60. The van der Waals surface area contributed by atoms with E-state index in [9.17, 15) is 10.1 Å². The van der Waals surface area contributed by atoms with Crippen molar-refractivity contribution in [2.75, 3.05) is 12.3 Å². The van der Waals surface area contributed by atoms with Gasteiger partial charge in [0.2, 0.25) is 0 Å². The number of anilines is 1. The van der Waals surface area contributed by atoms with E-state index >= 15 is 0 Å². The second kappa shape index (κ2) is 4.93. The van der Waals surface area contributed by atoms with Crippen molar-refractivity contribution in [3.63, 3.8) is 0 Å². The number of rotatable bonds is 2. The lowest BCUT2D eigenvalue weighted by Crippen LogP contribution is -1.97. The maximum atomic E-state index is 10.4. The zero-order valence-corrected chi connectivity index (χ0v) is 7.80. The summed E-state index contributed by atoms with van der Waals surface area (Å²) < 4.78 is 0. The summed E-state index contributed by atoms with van der Waals surface area (Å²) in [4.78, 5) is 13.5. The van der Waals surface area contributed by atoms with Gasteiger partial charge in [-0.2, -0.15) is 0 Å². The van der Waals surface area contributed by atoms with Crippen LogP contribution in [0.3, 0.4) is 0 Å². The van der Waals surface area contributed by atoms with E-state index < -0.39 is 4.92 Å². The SMILES string of the molecule is Nc1ncc([N+](=O)[O-])cc1C#CCCO. The van der Waals surface area contributed by atoms with Gasteiger partial charge in [-0.3, -0.25) is 10.1 Å². The van der Waals surface area contributed by atoms with Crippen LogP contribution in [0.25, 0.3) is 0 Å². The van der Waals surface area contributed by atoms with E-state index in [1.54, 1.807) is 0 Å². The van der Waals surface area contributed by atoms with E-state index in [-0.39, 0.29) is 18.1 Å². The van der Waals surface area contributed by atoms with E-state index in [2.05, 4.69) is 16.8 Å². The minimum absolute atomic E-state index is 0.0603. The van der Waals surface area contributed by atoms with E-state index in [0.717, 1.165) is 6.20 Å². The zero-order chi connectivity index (χ0) is 11.3. The Bertz CT molecular complexity index is 434. The van der Waals surface area contributed by atoms with Crippen LogP contribution >= 0.6 is 0 Å². The second-order valence-corrected chi connectivity index (χ2v) is 2.66. The fourth-order valence-electron chi connectivity index (χ4n) is 0.878. The largest absolute Gasteiger partial charge is 0.395 e. The number of hydrogen-bond acceptors (Lipinski definition) is 5. The number of nitro groups is 1. The molecule has 1 aromatic heterocycles. The molecular formula is C9H9N3O3. The third kappa shape index (κ3) is 2.93. The Morgan fingerprint density at radius 2 is 2.40 bits per heavy atom. The average molecular weight is 207 g/mol. The molecule has 3 N–H and O–H groups in total. The Morgan fingerprint density at radius 1 is 1.67 bits per heavy atom. The zero-order valence-electron chi connectivity index (χ0n) is 7.80. The van der Waals surface area contributed by atoms with Gasteiger partial charge in [0.05, 0.1) is 17.1 Å². The van der Waals surface area contributed by atoms with Crippen LogP contribution in [0.5, 0.6) is 0 Å². The molecular weight excluding hydrogens is 198 g/mol. The third-order valence-electron chi connectivity index (χ3n) is 1.57. The molecule has 6 nitrogen and oxygen atoms in total. The maximum absolute atomic E-state index is 10.4. The first-order chi connectivity index (χ1) is 7.15. The summed E-state index contributed by atoms with van der Waals surface area (Å²) in [6, 6.07) is 1.26. The van der Waals surface area contributed by atoms with E-state index in [0.29, 0.717) is 12.0 Å². The smallest absolute Gasteiger partial charge is 0.288 e. The molecule has 0 aliphatic heterocycles. The molecule has 0 aromatic carbocycles. The summed E-state index contributed by atoms with van der Waals surface area (Å²) in [5, 5.41) is 18.9. The van der Waals surface area contributed by atoms with Crippen LogP contribution in [0.15, 0.2) is 12.3 Å². The summed E-state index contributed by atoms with van der Waals surface area (Å²) >= 11 is 0. The molecule has 6 heteroatoms. The fourth-order valence-corrected chi connectivity index (χ4v) is 0.878. The Morgan fingerprint density at radius 3 is 3.00 bits per heavy atom. The van der Waals surface area contributed by atoms with E-state index in [1.807, 2.05) is 0 Å². The van der Waals surface area contributed by atoms with Crippen molar-refractivity contribution in [3.05, 3.63) is 27.9 Å². The molecule has 0 amide bonds. The summed E-state index contributed by atoms with van der Waals surface area (Å²) in [6.07, 6.45) is 1.37. The first-order valence-corrected chi connectivity index (χ1v) is 4.15. The normalized spacial score (nSPS) is 9.13. The number of aliphatic hydroxyl groups excluding tert-OH is 1. The van der Waals surface area contributed by atoms with Crippen LogP contribution in [0.4, 0.5) is 11.5 Å². The molecule has 0 saturated carbocycles. The minimum atomic E-state index is -0.566. The van der Waals surface area contributed by atoms with Crippen LogP contribution < -0.4 is 5.73 Å². The molecule has 0 spiro atoms. The van der Waals surface area contributed by atoms with Crippen molar-refractivity contribution in [1.82, 2.24) is 4.98 Å². The van der Waals surface area contributed by atoms with Gasteiger partial charge in [-0.05, 0) is 0 Å². The Balaban J connectivity index is 3.02. The predicted molar refractivity (Wildman–Crippen MR) is 53.9 cm³/mol. The molecule has 0 aliphatic carbocycles. The molecule has 0 saturated heterocycles. The van der Waals surface area contributed by atoms with Gasteiger partial charge < -0.3 is 10.8 Å². The predicted octanol–water partition coefficient (Wildman–Crippen LogP) is 0.306. The molecule has 15 heavy (non-hydrogen) atoms. The Hall–Kier alpha value is -2.13. The van der Waals surface area contributed by atoms with Crippen LogP contribution in [-0.4, -0.2) is 21.6 Å². The maximum Gasteiger partial charge on any atom is 0.288 e. The summed E-state index contributed by atoms with van der Waals surface area (Å²) in [5.74, 6) is 5.37. The van der Waals surface area contributed by atoms with E-state index in [4.69, 9.17) is 10.8 Å². The molecule has 1 aromatic rings.